The first-order valence-corrected chi connectivity index (χ1v) is 10.8. The van der Waals surface area contributed by atoms with Crippen molar-refractivity contribution in [2.75, 3.05) is 52.5 Å². The number of hydrogen-bond donors (Lipinski definition) is 2. The van der Waals surface area contributed by atoms with E-state index in [0.29, 0.717) is 6.54 Å². The van der Waals surface area contributed by atoms with Gasteiger partial charge in [0.2, 0.25) is 0 Å². The van der Waals surface area contributed by atoms with E-state index in [9.17, 15) is 4.39 Å². The van der Waals surface area contributed by atoms with Gasteiger partial charge in [-0.05, 0) is 42.7 Å². The molecule has 0 bridgehead atoms. The zero-order valence-electron chi connectivity index (χ0n) is 17.4. The topological polar surface area (TPSA) is 62.0 Å². The Morgan fingerprint density at radius 3 is 2.67 bits per heavy atom. The summed E-state index contributed by atoms with van der Waals surface area (Å²) in [5.74, 6) is 1.58. The molecule has 1 saturated heterocycles. The second-order valence-corrected chi connectivity index (χ2v) is 8.09. The summed E-state index contributed by atoms with van der Waals surface area (Å²) < 4.78 is 24.5. The van der Waals surface area contributed by atoms with Gasteiger partial charge in [-0.1, -0.05) is 12.1 Å². The van der Waals surface area contributed by atoms with E-state index in [2.05, 4.69) is 15.5 Å². The van der Waals surface area contributed by atoms with Crippen LogP contribution in [-0.4, -0.2) is 63.3 Å². The molecule has 0 radical (unpaired) electrons. The highest BCUT2D eigenvalue weighted by molar-refractivity contribution is 5.79. The van der Waals surface area contributed by atoms with Crippen molar-refractivity contribution in [1.82, 2.24) is 15.5 Å². The number of aliphatic imine (C=N–C) groups is 1. The Morgan fingerprint density at radius 1 is 1.10 bits per heavy atom. The van der Waals surface area contributed by atoms with Crippen molar-refractivity contribution in [2.45, 2.75) is 24.7 Å². The SMILES string of the molecule is Fc1cccc(C2(CN=C(NCCc3ccco3)NCCN3CCOCC3)CC2)c1. The summed E-state index contributed by atoms with van der Waals surface area (Å²) in [4.78, 5) is 7.26. The third-order valence-electron chi connectivity index (χ3n) is 5.90. The number of rotatable bonds is 9. The molecule has 1 aromatic carbocycles. The van der Waals surface area contributed by atoms with E-state index in [1.165, 1.54) is 6.07 Å². The van der Waals surface area contributed by atoms with Crippen LogP contribution in [0.1, 0.15) is 24.2 Å². The van der Waals surface area contributed by atoms with Gasteiger partial charge in [-0.3, -0.25) is 9.89 Å². The molecule has 2 heterocycles. The molecule has 4 rings (SSSR count). The molecule has 1 aliphatic carbocycles. The molecule has 2 aromatic rings. The molecular formula is C23H31FN4O2. The number of nitrogens with one attached hydrogen (secondary N) is 2. The molecular weight excluding hydrogens is 383 g/mol. The largest absolute Gasteiger partial charge is 0.469 e. The summed E-state index contributed by atoms with van der Waals surface area (Å²) in [6, 6.07) is 10.8. The fourth-order valence-electron chi connectivity index (χ4n) is 3.83. The van der Waals surface area contributed by atoms with Gasteiger partial charge in [0.25, 0.3) is 0 Å². The van der Waals surface area contributed by atoms with Crippen molar-refractivity contribution < 1.29 is 13.5 Å². The maximum Gasteiger partial charge on any atom is 0.191 e. The lowest BCUT2D eigenvalue weighted by Gasteiger charge is -2.26. The Morgan fingerprint density at radius 2 is 1.93 bits per heavy atom. The van der Waals surface area contributed by atoms with Crippen LogP contribution in [0.3, 0.4) is 0 Å². The number of hydrogen-bond acceptors (Lipinski definition) is 4. The van der Waals surface area contributed by atoms with Crippen LogP contribution in [0.5, 0.6) is 0 Å². The van der Waals surface area contributed by atoms with Gasteiger partial charge < -0.3 is 19.8 Å². The molecule has 2 aliphatic rings. The first kappa shape index (κ1) is 20.9. The highest BCUT2D eigenvalue weighted by atomic mass is 19.1. The van der Waals surface area contributed by atoms with Crippen molar-refractivity contribution in [3.8, 4) is 0 Å². The van der Waals surface area contributed by atoms with Gasteiger partial charge in [-0.25, -0.2) is 4.39 Å². The molecule has 30 heavy (non-hydrogen) atoms. The molecule has 6 nitrogen and oxygen atoms in total. The van der Waals surface area contributed by atoms with Gasteiger partial charge in [0, 0.05) is 44.6 Å². The van der Waals surface area contributed by atoms with Crippen LogP contribution in [0, 0.1) is 5.82 Å². The van der Waals surface area contributed by atoms with Gasteiger partial charge in [-0.15, -0.1) is 0 Å². The van der Waals surface area contributed by atoms with E-state index in [1.54, 1.807) is 18.4 Å². The van der Waals surface area contributed by atoms with Crippen molar-refractivity contribution in [3.63, 3.8) is 0 Å². The summed E-state index contributed by atoms with van der Waals surface area (Å²) in [7, 11) is 0. The van der Waals surface area contributed by atoms with Gasteiger partial charge in [0.05, 0.1) is 26.0 Å². The maximum absolute atomic E-state index is 13.7. The molecule has 2 fully saturated rings. The Kier molecular flexibility index (Phi) is 7.02. The Labute approximate surface area is 177 Å². The lowest BCUT2D eigenvalue weighted by molar-refractivity contribution is 0.0389. The fourth-order valence-corrected chi connectivity index (χ4v) is 3.83. The average molecular weight is 415 g/mol. The van der Waals surface area contributed by atoms with E-state index >= 15 is 0 Å². The van der Waals surface area contributed by atoms with Crippen LogP contribution in [0.4, 0.5) is 4.39 Å². The standard InChI is InChI=1S/C23H31FN4O2/c24-20-4-1-3-19(17-20)23(7-8-23)18-27-22(25-9-6-21-5-2-14-30-21)26-10-11-28-12-15-29-16-13-28/h1-5,14,17H,6-13,15-16,18H2,(H2,25,26,27). The van der Waals surface area contributed by atoms with Gasteiger partial charge in [0.1, 0.15) is 11.6 Å². The van der Waals surface area contributed by atoms with Crippen LogP contribution in [0.25, 0.3) is 0 Å². The molecule has 7 heteroatoms. The van der Waals surface area contributed by atoms with Gasteiger partial charge in [-0.2, -0.15) is 0 Å². The highest BCUT2D eigenvalue weighted by Gasteiger charge is 2.44. The third-order valence-corrected chi connectivity index (χ3v) is 5.90. The van der Waals surface area contributed by atoms with Crippen molar-refractivity contribution in [1.29, 1.82) is 0 Å². The number of halogens is 1. The quantitative estimate of drug-likeness (QED) is 0.488. The molecule has 162 valence electrons. The van der Waals surface area contributed by atoms with Gasteiger partial charge >= 0.3 is 0 Å². The molecule has 0 amide bonds. The van der Waals surface area contributed by atoms with E-state index < -0.39 is 0 Å². The van der Waals surface area contributed by atoms with Crippen molar-refractivity contribution in [3.05, 3.63) is 59.8 Å². The molecule has 1 saturated carbocycles. The number of nitrogens with zero attached hydrogens (tertiary/aromatic N) is 2. The predicted molar refractivity (Wildman–Crippen MR) is 115 cm³/mol. The van der Waals surface area contributed by atoms with Gasteiger partial charge in [0.15, 0.2) is 5.96 Å². The normalized spacial score (nSPS) is 18.9. The second-order valence-electron chi connectivity index (χ2n) is 8.09. The smallest absolute Gasteiger partial charge is 0.191 e. The van der Waals surface area contributed by atoms with E-state index in [4.69, 9.17) is 14.1 Å². The van der Waals surface area contributed by atoms with Crippen molar-refractivity contribution in [2.24, 2.45) is 4.99 Å². The summed E-state index contributed by atoms with van der Waals surface area (Å²) in [5, 5.41) is 6.88. The Balaban J connectivity index is 1.34. The summed E-state index contributed by atoms with van der Waals surface area (Å²) >= 11 is 0. The molecule has 0 atom stereocenters. The monoisotopic (exact) mass is 414 g/mol. The first-order valence-electron chi connectivity index (χ1n) is 10.8. The van der Waals surface area contributed by atoms with E-state index in [0.717, 1.165) is 82.5 Å². The zero-order valence-corrected chi connectivity index (χ0v) is 17.4. The van der Waals surface area contributed by atoms with E-state index in [1.807, 2.05) is 18.2 Å². The summed E-state index contributed by atoms with van der Waals surface area (Å²) in [6.45, 7) is 6.73. The lowest BCUT2D eigenvalue weighted by Crippen LogP contribution is -2.45. The molecule has 1 aliphatic heterocycles. The summed E-state index contributed by atoms with van der Waals surface area (Å²) in [5.41, 5.74) is 1.02. The minimum absolute atomic E-state index is 0.0259. The minimum Gasteiger partial charge on any atom is -0.469 e. The van der Waals surface area contributed by atoms with Crippen LogP contribution < -0.4 is 10.6 Å². The Bertz CT molecular complexity index is 814. The van der Waals surface area contributed by atoms with Crippen LogP contribution >= 0.6 is 0 Å². The second kappa shape index (κ2) is 10.1. The fraction of sp³-hybridized carbons (Fsp3) is 0.522. The molecule has 0 unspecified atom stereocenters. The lowest BCUT2D eigenvalue weighted by atomic mass is 9.96. The average Bonchev–Trinajstić information content (AvgIpc) is 3.39. The first-order chi connectivity index (χ1) is 14.7. The number of ether oxygens (including phenoxy) is 1. The minimum atomic E-state index is -0.178. The Hall–Kier alpha value is -2.38. The van der Waals surface area contributed by atoms with Crippen molar-refractivity contribution >= 4 is 5.96 Å². The number of furan rings is 1. The number of morpholine rings is 1. The molecule has 1 aromatic heterocycles. The summed E-state index contributed by atoms with van der Waals surface area (Å²) in [6.07, 6.45) is 4.59. The maximum atomic E-state index is 13.7. The molecule has 2 N–H and O–H groups in total. The molecule has 0 spiro atoms. The van der Waals surface area contributed by atoms with Crippen LogP contribution in [-0.2, 0) is 16.6 Å². The third kappa shape index (κ3) is 5.83. The highest BCUT2D eigenvalue weighted by Crippen LogP contribution is 2.48. The zero-order chi connectivity index (χ0) is 20.7. The number of benzene rings is 1. The van der Waals surface area contributed by atoms with Crippen LogP contribution in [0.15, 0.2) is 52.1 Å². The number of guanidine groups is 1. The van der Waals surface area contributed by atoms with E-state index in [-0.39, 0.29) is 11.2 Å². The van der Waals surface area contributed by atoms with Crippen LogP contribution in [0.2, 0.25) is 0 Å². The predicted octanol–water partition coefficient (Wildman–Crippen LogP) is 2.56.